The van der Waals surface area contributed by atoms with Crippen LogP contribution in [0.4, 0.5) is 10.1 Å². The van der Waals surface area contributed by atoms with Gasteiger partial charge in [-0.1, -0.05) is 24.3 Å². The van der Waals surface area contributed by atoms with Gasteiger partial charge in [0.1, 0.15) is 11.6 Å². The van der Waals surface area contributed by atoms with Crippen LogP contribution in [0.5, 0.6) is 0 Å². The van der Waals surface area contributed by atoms with Crippen LogP contribution in [0.1, 0.15) is 63.8 Å². The van der Waals surface area contributed by atoms with Gasteiger partial charge in [0.05, 0.1) is 5.56 Å². The lowest BCUT2D eigenvalue weighted by molar-refractivity contribution is -0.134. The normalized spacial score (nSPS) is 23.0. The number of nitrogen functional groups attached to an aromatic ring is 1. The molecule has 0 bridgehead atoms. The molecule has 2 fully saturated rings. The van der Waals surface area contributed by atoms with Gasteiger partial charge in [0, 0.05) is 27.4 Å². The zero-order valence-electron chi connectivity index (χ0n) is 20.4. The van der Waals surface area contributed by atoms with Crippen LogP contribution in [0, 0.1) is 31.0 Å². The average Bonchev–Trinajstić information content (AvgIpc) is 3.01. The molecule has 182 valence electrons. The lowest BCUT2D eigenvalue weighted by Crippen LogP contribution is -2.57. The quantitative estimate of drug-likeness (QED) is 0.403. The van der Waals surface area contributed by atoms with Gasteiger partial charge in [0.15, 0.2) is 0 Å². The van der Waals surface area contributed by atoms with Crippen LogP contribution in [0.2, 0.25) is 0 Å². The van der Waals surface area contributed by atoms with Gasteiger partial charge in [-0.05, 0) is 98.7 Å². The molecule has 2 aromatic carbocycles. The Balaban J connectivity index is 1.27. The Bertz CT molecular complexity index is 1280. The molecular formula is C29H31FN2O2S. The number of rotatable bonds is 6. The molecule has 0 radical (unpaired) electrons. The Kier molecular flexibility index (Phi) is 6.04. The summed E-state index contributed by atoms with van der Waals surface area (Å²) < 4.78 is 13.8. The number of anilines is 1. The van der Waals surface area contributed by atoms with E-state index in [4.69, 9.17) is 5.73 Å². The minimum absolute atomic E-state index is 0.0102. The van der Waals surface area contributed by atoms with Gasteiger partial charge in [-0.3, -0.25) is 9.59 Å². The molecule has 1 aromatic heterocycles. The van der Waals surface area contributed by atoms with Crippen molar-refractivity contribution in [3.63, 3.8) is 0 Å². The van der Waals surface area contributed by atoms with E-state index in [2.05, 4.69) is 12.2 Å². The van der Waals surface area contributed by atoms with Crippen molar-refractivity contribution in [3.8, 4) is 11.1 Å². The van der Waals surface area contributed by atoms with Gasteiger partial charge in [0.2, 0.25) is 0 Å². The van der Waals surface area contributed by atoms with Crippen LogP contribution in [-0.2, 0) is 11.2 Å². The van der Waals surface area contributed by atoms with Gasteiger partial charge in [-0.2, -0.15) is 0 Å². The first-order valence-electron chi connectivity index (χ1n) is 12.2. The second-order valence-electron chi connectivity index (χ2n) is 10.5. The van der Waals surface area contributed by atoms with E-state index in [0.717, 1.165) is 63.3 Å². The molecule has 3 aromatic rings. The van der Waals surface area contributed by atoms with E-state index < -0.39 is 0 Å². The lowest BCUT2D eigenvalue weighted by Gasteiger charge is -2.57. The van der Waals surface area contributed by atoms with Crippen molar-refractivity contribution in [2.75, 3.05) is 5.73 Å². The van der Waals surface area contributed by atoms with Crippen LogP contribution < -0.4 is 11.1 Å². The predicted octanol–water partition coefficient (Wildman–Crippen LogP) is 6.22. The molecule has 2 aliphatic carbocycles. The van der Waals surface area contributed by atoms with E-state index in [1.54, 1.807) is 24.3 Å². The number of halogens is 1. The molecule has 0 atom stereocenters. The van der Waals surface area contributed by atoms with E-state index in [0.29, 0.717) is 17.9 Å². The molecule has 35 heavy (non-hydrogen) atoms. The highest BCUT2D eigenvalue weighted by Gasteiger charge is 2.54. The monoisotopic (exact) mass is 490 g/mol. The molecule has 5 rings (SSSR count). The fraction of sp³-hybridized carbons (Fsp3) is 0.379. The highest BCUT2D eigenvalue weighted by Crippen LogP contribution is 2.58. The summed E-state index contributed by atoms with van der Waals surface area (Å²) in [5, 5.41) is 3.26. The Hall–Kier alpha value is -2.99. The third-order valence-corrected chi connectivity index (χ3v) is 8.89. The fourth-order valence-corrected chi connectivity index (χ4v) is 7.07. The van der Waals surface area contributed by atoms with Crippen molar-refractivity contribution in [2.24, 2.45) is 11.3 Å². The summed E-state index contributed by atoms with van der Waals surface area (Å²) in [4.78, 5) is 27.0. The summed E-state index contributed by atoms with van der Waals surface area (Å²) in [6, 6.07) is 12.8. The van der Waals surface area contributed by atoms with Crippen LogP contribution in [0.25, 0.3) is 11.1 Å². The van der Waals surface area contributed by atoms with Crippen molar-refractivity contribution >= 4 is 28.7 Å². The maximum absolute atomic E-state index is 13.8. The van der Waals surface area contributed by atoms with Crippen molar-refractivity contribution in [3.05, 3.63) is 74.7 Å². The largest absolute Gasteiger partial charge is 0.399 e. The van der Waals surface area contributed by atoms with E-state index >= 15 is 0 Å². The first-order chi connectivity index (χ1) is 16.6. The molecule has 2 aliphatic rings. The number of hydrogen-bond donors (Lipinski definition) is 2. The summed E-state index contributed by atoms with van der Waals surface area (Å²) in [5.41, 5.74) is 11.1. The van der Waals surface area contributed by atoms with Crippen LogP contribution in [0.15, 0.2) is 42.5 Å². The molecule has 0 unspecified atom stereocenters. The number of amides is 1. The number of carbonyl (C=O) groups excluding carboxylic acids is 2. The number of Topliss-reactive ketones (excluding diaryl/α,β-unsaturated/α-hetero) is 1. The van der Waals surface area contributed by atoms with Crippen molar-refractivity contribution < 1.29 is 14.0 Å². The lowest BCUT2D eigenvalue weighted by atomic mass is 9.49. The highest BCUT2D eigenvalue weighted by atomic mass is 32.1. The van der Waals surface area contributed by atoms with Gasteiger partial charge in [-0.25, -0.2) is 4.39 Å². The number of ketones is 1. The zero-order chi connectivity index (χ0) is 24.9. The molecule has 4 nitrogen and oxygen atoms in total. The minimum atomic E-state index is -0.350. The van der Waals surface area contributed by atoms with Gasteiger partial charge >= 0.3 is 0 Å². The molecule has 6 heteroatoms. The van der Waals surface area contributed by atoms with Crippen molar-refractivity contribution in [1.29, 1.82) is 0 Å². The average molecular weight is 491 g/mol. The molecule has 0 aliphatic heterocycles. The van der Waals surface area contributed by atoms with Gasteiger partial charge in [-0.15, -0.1) is 11.3 Å². The van der Waals surface area contributed by atoms with E-state index in [1.807, 2.05) is 31.2 Å². The molecule has 1 amide bonds. The number of thiophene rings is 1. The van der Waals surface area contributed by atoms with Crippen LogP contribution >= 0.6 is 11.3 Å². The third-order valence-electron chi connectivity index (χ3n) is 7.83. The second kappa shape index (κ2) is 8.90. The Morgan fingerprint density at radius 2 is 1.71 bits per heavy atom. The number of aryl methyl sites for hydroxylation is 2. The van der Waals surface area contributed by atoms with E-state index in [9.17, 15) is 14.0 Å². The van der Waals surface area contributed by atoms with E-state index in [1.165, 1.54) is 12.1 Å². The Labute approximate surface area is 209 Å². The zero-order valence-corrected chi connectivity index (χ0v) is 21.2. The minimum Gasteiger partial charge on any atom is -0.399 e. The second-order valence-corrected chi connectivity index (χ2v) is 11.9. The summed E-state index contributed by atoms with van der Waals surface area (Å²) in [5.74, 6) is 0.184. The van der Waals surface area contributed by atoms with Crippen LogP contribution in [0.3, 0.4) is 0 Å². The molecule has 3 N–H and O–H groups in total. The Morgan fingerprint density at radius 1 is 1.03 bits per heavy atom. The van der Waals surface area contributed by atoms with E-state index in [-0.39, 0.29) is 29.1 Å². The summed E-state index contributed by atoms with van der Waals surface area (Å²) in [6.07, 6.45) is 4.58. The maximum Gasteiger partial charge on any atom is 0.252 e. The Morgan fingerprint density at radius 3 is 2.34 bits per heavy atom. The molecule has 2 saturated carbocycles. The van der Waals surface area contributed by atoms with Gasteiger partial charge < -0.3 is 11.1 Å². The smallest absolute Gasteiger partial charge is 0.252 e. The van der Waals surface area contributed by atoms with Crippen molar-refractivity contribution in [1.82, 2.24) is 5.32 Å². The molecule has 1 heterocycles. The highest BCUT2D eigenvalue weighted by molar-refractivity contribution is 7.12. The fourth-order valence-electron chi connectivity index (χ4n) is 5.99. The topological polar surface area (TPSA) is 72.2 Å². The van der Waals surface area contributed by atoms with Gasteiger partial charge in [0.25, 0.3) is 5.91 Å². The summed E-state index contributed by atoms with van der Waals surface area (Å²) in [7, 11) is 0. The number of nitrogens with two attached hydrogens (primary N) is 1. The SMILES string of the molecule is CC(=O)C1CC2(CC(NC(=O)c3c(C)sc(C)c3Cc3ccc(-c4cc(N)cc(F)c4)cc3)C2)C1. The third kappa shape index (κ3) is 4.64. The summed E-state index contributed by atoms with van der Waals surface area (Å²) in [6.45, 7) is 5.77. The van der Waals surface area contributed by atoms with Crippen LogP contribution in [-0.4, -0.2) is 17.7 Å². The molecular weight excluding hydrogens is 459 g/mol. The number of hydrogen-bond acceptors (Lipinski definition) is 4. The standard InChI is InChI=1S/C29H31FN2O2S/c1-16(33)22-12-29(13-22)14-25(15-29)32-28(34)27-18(3)35-17(2)26(27)8-19-4-6-20(7-5-19)21-9-23(30)11-24(31)10-21/h4-7,9-11,22,25H,8,12-15,31H2,1-3H3,(H,32,34). The maximum atomic E-state index is 13.8. The predicted molar refractivity (Wildman–Crippen MR) is 139 cm³/mol. The molecule has 0 saturated heterocycles. The summed E-state index contributed by atoms with van der Waals surface area (Å²) >= 11 is 1.66. The number of nitrogens with one attached hydrogen (secondary N) is 1. The molecule has 1 spiro atoms. The first kappa shape index (κ1) is 23.7. The first-order valence-corrected chi connectivity index (χ1v) is 13.0. The number of benzene rings is 2. The van der Waals surface area contributed by atoms with Crippen molar-refractivity contribution in [2.45, 2.75) is 58.9 Å². The number of carbonyl (C=O) groups is 2.